The number of hydrogen-bond donors (Lipinski definition) is 2. The topological polar surface area (TPSA) is 54.9 Å². The molecule has 1 aromatic rings. The van der Waals surface area contributed by atoms with E-state index in [0.29, 0.717) is 16.7 Å². The van der Waals surface area contributed by atoms with Crippen LogP contribution >= 0.6 is 12.2 Å². The smallest absolute Gasteiger partial charge is 0.387 e. The highest BCUT2D eigenvalue weighted by molar-refractivity contribution is 7.80. The van der Waals surface area contributed by atoms with Crippen LogP contribution in [0.1, 0.15) is 37.7 Å². The van der Waals surface area contributed by atoms with Gasteiger partial charge in [0.25, 0.3) is 0 Å². The van der Waals surface area contributed by atoms with Crippen LogP contribution < -0.4 is 20.2 Å². The Hall–Kier alpha value is -1.96. The summed E-state index contributed by atoms with van der Waals surface area (Å²) in [6.07, 6.45) is 7.49. The number of rotatable bonds is 6. The summed E-state index contributed by atoms with van der Waals surface area (Å²) in [5.74, 6) is 0.189. The molecule has 0 amide bonds. The fraction of sp³-hybridized carbons (Fsp3) is 0.500. The zero-order chi connectivity index (χ0) is 17.4. The molecule has 1 aliphatic rings. The van der Waals surface area contributed by atoms with Gasteiger partial charge in [0.15, 0.2) is 16.6 Å². The van der Waals surface area contributed by atoms with Crippen molar-refractivity contribution in [3.63, 3.8) is 0 Å². The standard InChI is InChI=1S/C16H21F2N3O2S/c1-22-14-9-11(7-8-13(14)23-15(17)18)10-19-21-16(24)20-12-5-3-2-4-6-12/h7-10,12,15H,2-6H2,1H3,(H2,20,21,24)/b19-10+. The van der Waals surface area contributed by atoms with E-state index in [1.165, 1.54) is 38.7 Å². The Morgan fingerprint density at radius 3 is 2.71 bits per heavy atom. The predicted octanol–water partition coefficient (Wildman–Crippen LogP) is 3.43. The summed E-state index contributed by atoms with van der Waals surface area (Å²) in [7, 11) is 1.38. The summed E-state index contributed by atoms with van der Waals surface area (Å²) in [5, 5.41) is 7.76. The van der Waals surface area contributed by atoms with Crippen molar-refractivity contribution in [2.24, 2.45) is 5.10 Å². The van der Waals surface area contributed by atoms with E-state index in [1.54, 1.807) is 12.1 Å². The maximum atomic E-state index is 12.3. The van der Waals surface area contributed by atoms with Gasteiger partial charge in [-0.15, -0.1) is 0 Å². The van der Waals surface area contributed by atoms with Crippen molar-refractivity contribution in [3.05, 3.63) is 23.8 Å². The van der Waals surface area contributed by atoms with Gasteiger partial charge in [-0.2, -0.15) is 13.9 Å². The zero-order valence-corrected chi connectivity index (χ0v) is 14.2. The Morgan fingerprint density at radius 2 is 2.04 bits per heavy atom. The highest BCUT2D eigenvalue weighted by Crippen LogP contribution is 2.28. The molecule has 0 aliphatic heterocycles. The lowest BCUT2D eigenvalue weighted by Gasteiger charge is -2.23. The van der Waals surface area contributed by atoms with E-state index in [1.807, 2.05) is 0 Å². The first-order valence-electron chi connectivity index (χ1n) is 7.81. The number of nitrogens with one attached hydrogen (secondary N) is 2. The number of nitrogens with zero attached hydrogens (tertiary/aromatic N) is 1. The van der Waals surface area contributed by atoms with E-state index in [9.17, 15) is 8.78 Å². The van der Waals surface area contributed by atoms with Crippen LogP contribution in [0.3, 0.4) is 0 Å². The third-order valence-corrected chi connectivity index (χ3v) is 3.93. The fourth-order valence-corrected chi connectivity index (χ4v) is 2.81. The maximum absolute atomic E-state index is 12.3. The largest absolute Gasteiger partial charge is 0.493 e. The van der Waals surface area contributed by atoms with E-state index >= 15 is 0 Å². The average Bonchev–Trinajstić information content (AvgIpc) is 2.56. The Kier molecular flexibility index (Phi) is 7.17. The highest BCUT2D eigenvalue weighted by Gasteiger charge is 2.13. The Balaban J connectivity index is 1.87. The molecule has 0 saturated heterocycles. The van der Waals surface area contributed by atoms with Crippen molar-refractivity contribution in [3.8, 4) is 11.5 Å². The summed E-state index contributed by atoms with van der Waals surface area (Å²) in [4.78, 5) is 0. The monoisotopic (exact) mass is 357 g/mol. The Bertz CT molecular complexity index is 578. The lowest BCUT2D eigenvalue weighted by molar-refractivity contribution is -0.0512. The maximum Gasteiger partial charge on any atom is 0.387 e. The molecular formula is C16H21F2N3O2S. The van der Waals surface area contributed by atoms with Crippen LogP contribution in [0.25, 0.3) is 0 Å². The molecule has 0 atom stereocenters. The number of benzene rings is 1. The summed E-state index contributed by atoms with van der Waals surface area (Å²) in [6, 6.07) is 4.97. The van der Waals surface area contributed by atoms with E-state index < -0.39 is 6.61 Å². The summed E-state index contributed by atoms with van der Waals surface area (Å²) in [6.45, 7) is -2.90. The van der Waals surface area contributed by atoms with Crippen LogP contribution in [0, 0.1) is 0 Å². The van der Waals surface area contributed by atoms with E-state index in [4.69, 9.17) is 17.0 Å². The van der Waals surface area contributed by atoms with Gasteiger partial charge < -0.3 is 14.8 Å². The van der Waals surface area contributed by atoms with Gasteiger partial charge in [0, 0.05) is 6.04 Å². The number of hydrazone groups is 1. The molecule has 0 spiro atoms. The summed E-state index contributed by atoms with van der Waals surface area (Å²) >= 11 is 5.20. The van der Waals surface area contributed by atoms with Crippen molar-refractivity contribution in [2.45, 2.75) is 44.8 Å². The van der Waals surface area contributed by atoms with Gasteiger partial charge in [0.2, 0.25) is 0 Å². The first-order valence-corrected chi connectivity index (χ1v) is 8.21. The molecule has 1 saturated carbocycles. The fourth-order valence-electron chi connectivity index (χ4n) is 2.59. The van der Waals surface area contributed by atoms with Gasteiger partial charge in [0.05, 0.1) is 13.3 Å². The molecule has 0 radical (unpaired) electrons. The summed E-state index contributed by atoms with van der Waals surface area (Å²) in [5.41, 5.74) is 3.43. The lowest BCUT2D eigenvalue weighted by Crippen LogP contribution is -2.40. The number of hydrogen-bond acceptors (Lipinski definition) is 4. The van der Waals surface area contributed by atoms with E-state index in [2.05, 4.69) is 20.6 Å². The minimum absolute atomic E-state index is 0.0212. The molecule has 5 nitrogen and oxygen atoms in total. The molecule has 1 aromatic carbocycles. The summed E-state index contributed by atoms with van der Waals surface area (Å²) < 4.78 is 34.0. The van der Waals surface area contributed by atoms with Crippen molar-refractivity contribution < 1.29 is 18.3 Å². The first-order chi connectivity index (χ1) is 11.6. The van der Waals surface area contributed by atoms with Gasteiger partial charge in [-0.25, -0.2) is 0 Å². The molecule has 8 heteroatoms. The number of methoxy groups -OCH3 is 1. The molecule has 1 aliphatic carbocycles. The van der Waals surface area contributed by atoms with Crippen LogP contribution in [0.4, 0.5) is 8.78 Å². The molecule has 132 valence electrons. The van der Waals surface area contributed by atoms with Crippen LogP contribution in [0.5, 0.6) is 11.5 Å². The molecule has 24 heavy (non-hydrogen) atoms. The second-order valence-corrected chi connectivity index (χ2v) is 5.88. The molecule has 0 heterocycles. The average molecular weight is 357 g/mol. The van der Waals surface area contributed by atoms with Gasteiger partial charge in [-0.05, 0) is 48.8 Å². The molecule has 2 N–H and O–H groups in total. The van der Waals surface area contributed by atoms with E-state index in [0.717, 1.165) is 12.8 Å². The first kappa shape index (κ1) is 18.4. The van der Waals surface area contributed by atoms with Crippen molar-refractivity contribution >= 4 is 23.5 Å². The minimum Gasteiger partial charge on any atom is -0.493 e. The second kappa shape index (κ2) is 9.36. The lowest BCUT2D eigenvalue weighted by atomic mass is 9.96. The van der Waals surface area contributed by atoms with Crippen LogP contribution in [0.15, 0.2) is 23.3 Å². The SMILES string of the molecule is COc1cc(/C=N/NC(=S)NC2CCCCC2)ccc1OC(F)F. The van der Waals surface area contributed by atoms with Crippen molar-refractivity contribution in [2.75, 3.05) is 7.11 Å². The minimum atomic E-state index is -2.90. The van der Waals surface area contributed by atoms with Crippen molar-refractivity contribution in [1.29, 1.82) is 0 Å². The number of thiocarbonyl (C=S) groups is 1. The Labute approximate surface area is 145 Å². The number of ether oxygens (including phenoxy) is 2. The molecule has 2 rings (SSSR count). The molecular weight excluding hydrogens is 336 g/mol. The van der Waals surface area contributed by atoms with Gasteiger partial charge in [0.1, 0.15) is 0 Å². The van der Waals surface area contributed by atoms with Crippen molar-refractivity contribution in [1.82, 2.24) is 10.7 Å². The quantitative estimate of drug-likeness (QED) is 0.464. The van der Waals surface area contributed by atoms with Gasteiger partial charge in [-0.3, -0.25) is 5.43 Å². The normalized spacial score (nSPS) is 15.5. The molecule has 0 aromatic heterocycles. The van der Waals surface area contributed by atoms with E-state index in [-0.39, 0.29) is 11.5 Å². The van der Waals surface area contributed by atoms with Gasteiger partial charge in [-0.1, -0.05) is 19.3 Å². The third-order valence-electron chi connectivity index (χ3n) is 3.72. The number of alkyl halides is 2. The number of halogens is 2. The second-order valence-electron chi connectivity index (χ2n) is 5.47. The molecule has 0 bridgehead atoms. The van der Waals surface area contributed by atoms with Gasteiger partial charge >= 0.3 is 6.61 Å². The van der Waals surface area contributed by atoms with Crippen LogP contribution in [-0.2, 0) is 0 Å². The van der Waals surface area contributed by atoms with Crippen LogP contribution in [0.2, 0.25) is 0 Å². The Morgan fingerprint density at radius 1 is 1.29 bits per heavy atom. The van der Waals surface area contributed by atoms with Crippen LogP contribution in [-0.4, -0.2) is 31.1 Å². The third kappa shape index (κ3) is 5.92. The molecule has 0 unspecified atom stereocenters. The molecule has 1 fully saturated rings. The predicted molar refractivity (Wildman–Crippen MR) is 93.0 cm³/mol. The zero-order valence-electron chi connectivity index (χ0n) is 13.4. The highest BCUT2D eigenvalue weighted by atomic mass is 32.1.